The Hall–Kier alpha value is -1.72. The van der Waals surface area contributed by atoms with Crippen LogP contribution in [0.3, 0.4) is 0 Å². The normalized spacial score (nSPS) is 10.7. The van der Waals surface area contributed by atoms with E-state index in [1.165, 1.54) is 24.0 Å². The molecule has 1 heterocycles. The number of methoxy groups -OCH3 is 1. The number of benzene rings is 1. The van der Waals surface area contributed by atoms with E-state index in [1.54, 1.807) is 0 Å². The molecule has 0 fully saturated rings. The maximum absolute atomic E-state index is 11.2. The van der Waals surface area contributed by atoms with Crippen LogP contribution in [0.15, 0.2) is 18.2 Å². The minimum Gasteiger partial charge on any atom is -0.477 e. The van der Waals surface area contributed by atoms with Crippen LogP contribution in [0.4, 0.5) is 0 Å². The van der Waals surface area contributed by atoms with Crippen molar-refractivity contribution < 1.29 is 14.6 Å². The standard InChI is InChI=1S/C14H15NO3S/c1-8-4-5-10(6-9(8)2)13-15-11(7-18-3)12(19-13)14(16)17/h4-6H,7H2,1-3H3,(H,16,17). The van der Waals surface area contributed by atoms with Crippen LogP contribution in [0.1, 0.15) is 26.5 Å². The van der Waals surface area contributed by atoms with Gasteiger partial charge in [0.15, 0.2) is 0 Å². The van der Waals surface area contributed by atoms with Gasteiger partial charge in [0, 0.05) is 12.7 Å². The number of carbonyl (C=O) groups is 1. The van der Waals surface area contributed by atoms with Gasteiger partial charge >= 0.3 is 5.97 Å². The summed E-state index contributed by atoms with van der Waals surface area (Å²) in [6.07, 6.45) is 0. The summed E-state index contributed by atoms with van der Waals surface area (Å²) < 4.78 is 4.99. The third-order valence-corrected chi connectivity index (χ3v) is 4.06. The summed E-state index contributed by atoms with van der Waals surface area (Å²) in [6, 6.07) is 6.00. The van der Waals surface area contributed by atoms with E-state index in [4.69, 9.17) is 9.84 Å². The fraction of sp³-hybridized carbons (Fsp3) is 0.286. The van der Waals surface area contributed by atoms with Gasteiger partial charge in [-0.25, -0.2) is 9.78 Å². The SMILES string of the molecule is COCc1nc(-c2ccc(C)c(C)c2)sc1C(=O)O. The van der Waals surface area contributed by atoms with Crippen LogP contribution in [-0.4, -0.2) is 23.2 Å². The van der Waals surface area contributed by atoms with Crippen LogP contribution in [0.25, 0.3) is 10.6 Å². The number of thiazole rings is 1. The van der Waals surface area contributed by atoms with Gasteiger partial charge < -0.3 is 9.84 Å². The number of ether oxygens (including phenoxy) is 1. The van der Waals surface area contributed by atoms with Crippen molar-refractivity contribution in [3.63, 3.8) is 0 Å². The fourth-order valence-corrected chi connectivity index (χ4v) is 2.66. The lowest BCUT2D eigenvalue weighted by molar-refractivity contribution is 0.0697. The summed E-state index contributed by atoms with van der Waals surface area (Å²) in [7, 11) is 1.53. The van der Waals surface area contributed by atoms with Gasteiger partial charge in [0.1, 0.15) is 9.88 Å². The third kappa shape index (κ3) is 2.83. The molecule has 2 aromatic rings. The molecule has 0 aliphatic carbocycles. The zero-order valence-electron chi connectivity index (χ0n) is 11.1. The zero-order valence-corrected chi connectivity index (χ0v) is 11.9. The number of rotatable bonds is 4. The first-order valence-electron chi connectivity index (χ1n) is 5.82. The van der Waals surface area contributed by atoms with Crippen molar-refractivity contribution in [2.45, 2.75) is 20.5 Å². The van der Waals surface area contributed by atoms with E-state index < -0.39 is 5.97 Å². The molecule has 0 saturated carbocycles. The van der Waals surface area contributed by atoms with Crippen molar-refractivity contribution in [2.75, 3.05) is 7.11 Å². The molecule has 0 saturated heterocycles. The molecule has 1 aromatic carbocycles. The summed E-state index contributed by atoms with van der Waals surface area (Å²) in [5.74, 6) is -0.959. The highest BCUT2D eigenvalue weighted by molar-refractivity contribution is 7.17. The van der Waals surface area contributed by atoms with Gasteiger partial charge in [-0.3, -0.25) is 0 Å². The highest BCUT2D eigenvalue weighted by atomic mass is 32.1. The first-order valence-corrected chi connectivity index (χ1v) is 6.64. The molecule has 19 heavy (non-hydrogen) atoms. The smallest absolute Gasteiger partial charge is 0.347 e. The largest absolute Gasteiger partial charge is 0.477 e. The molecule has 1 N–H and O–H groups in total. The van der Waals surface area contributed by atoms with Crippen molar-refractivity contribution in [3.8, 4) is 10.6 Å². The average molecular weight is 277 g/mol. The van der Waals surface area contributed by atoms with Gasteiger partial charge in [0.2, 0.25) is 0 Å². The van der Waals surface area contributed by atoms with E-state index in [-0.39, 0.29) is 11.5 Å². The predicted molar refractivity (Wildman–Crippen MR) is 74.7 cm³/mol. The molecule has 4 nitrogen and oxygen atoms in total. The average Bonchev–Trinajstić information content (AvgIpc) is 2.77. The number of carboxylic acids is 1. The minimum absolute atomic E-state index is 0.211. The number of aromatic nitrogens is 1. The molecular formula is C14H15NO3S. The lowest BCUT2D eigenvalue weighted by Gasteiger charge is -2.01. The number of nitrogens with zero attached hydrogens (tertiary/aromatic N) is 1. The number of hydrogen-bond acceptors (Lipinski definition) is 4. The number of carboxylic acid groups (broad SMARTS) is 1. The topological polar surface area (TPSA) is 59.4 Å². The second-order valence-electron chi connectivity index (χ2n) is 4.33. The summed E-state index contributed by atoms with van der Waals surface area (Å²) in [4.78, 5) is 15.8. The first kappa shape index (κ1) is 13.7. The Labute approximate surface area is 115 Å². The Morgan fingerprint density at radius 1 is 1.37 bits per heavy atom. The van der Waals surface area contributed by atoms with E-state index in [2.05, 4.69) is 4.98 Å². The van der Waals surface area contributed by atoms with Gasteiger partial charge in [-0.1, -0.05) is 12.1 Å². The Morgan fingerprint density at radius 3 is 2.68 bits per heavy atom. The molecule has 0 aliphatic heterocycles. The number of aryl methyl sites for hydroxylation is 2. The monoisotopic (exact) mass is 277 g/mol. The van der Waals surface area contributed by atoms with Gasteiger partial charge in [-0.2, -0.15) is 0 Å². The molecule has 0 spiro atoms. The maximum atomic E-state index is 11.2. The van der Waals surface area contributed by atoms with Gasteiger partial charge in [0.25, 0.3) is 0 Å². The summed E-state index contributed by atoms with van der Waals surface area (Å²) >= 11 is 1.18. The Balaban J connectivity index is 2.47. The second kappa shape index (κ2) is 5.50. The molecule has 100 valence electrons. The summed E-state index contributed by atoms with van der Waals surface area (Å²) in [5, 5.41) is 9.88. The van der Waals surface area contributed by atoms with Crippen LogP contribution >= 0.6 is 11.3 Å². The van der Waals surface area contributed by atoms with Crippen LogP contribution in [0.5, 0.6) is 0 Å². The van der Waals surface area contributed by atoms with Crippen molar-refractivity contribution in [1.29, 1.82) is 0 Å². The van der Waals surface area contributed by atoms with E-state index in [1.807, 2.05) is 32.0 Å². The van der Waals surface area contributed by atoms with Crippen LogP contribution in [0, 0.1) is 13.8 Å². The highest BCUT2D eigenvalue weighted by Gasteiger charge is 2.18. The quantitative estimate of drug-likeness (QED) is 0.931. The third-order valence-electron chi connectivity index (χ3n) is 2.93. The first-order chi connectivity index (χ1) is 9.02. The molecule has 2 rings (SSSR count). The number of aromatic carboxylic acids is 1. The van der Waals surface area contributed by atoms with Crippen LogP contribution in [0.2, 0.25) is 0 Å². The Kier molecular flexibility index (Phi) is 3.97. The minimum atomic E-state index is -0.959. The van der Waals surface area contributed by atoms with Crippen LogP contribution in [-0.2, 0) is 11.3 Å². The van der Waals surface area contributed by atoms with Crippen molar-refractivity contribution in [2.24, 2.45) is 0 Å². The molecule has 0 aliphatic rings. The molecule has 0 unspecified atom stereocenters. The van der Waals surface area contributed by atoms with Gasteiger partial charge in [-0.15, -0.1) is 11.3 Å². The molecule has 5 heteroatoms. The van der Waals surface area contributed by atoms with Crippen molar-refractivity contribution >= 4 is 17.3 Å². The predicted octanol–water partition coefficient (Wildman–Crippen LogP) is 3.27. The molecule has 0 amide bonds. The number of hydrogen-bond donors (Lipinski definition) is 1. The summed E-state index contributed by atoms with van der Waals surface area (Å²) in [6.45, 7) is 4.28. The Bertz CT molecular complexity index is 619. The Morgan fingerprint density at radius 2 is 2.11 bits per heavy atom. The van der Waals surface area contributed by atoms with E-state index in [9.17, 15) is 4.79 Å². The van der Waals surface area contributed by atoms with Gasteiger partial charge in [0.05, 0.1) is 12.3 Å². The van der Waals surface area contributed by atoms with E-state index >= 15 is 0 Å². The highest BCUT2D eigenvalue weighted by Crippen LogP contribution is 2.29. The summed E-state index contributed by atoms with van der Waals surface area (Å²) in [5.41, 5.74) is 3.79. The maximum Gasteiger partial charge on any atom is 0.347 e. The lowest BCUT2D eigenvalue weighted by atomic mass is 10.1. The second-order valence-corrected chi connectivity index (χ2v) is 5.33. The molecule has 0 radical (unpaired) electrons. The van der Waals surface area contributed by atoms with Crippen molar-refractivity contribution in [3.05, 3.63) is 39.9 Å². The molecule has 0 bridgehead atoms. The van der Waals surface area contributed by atoms with E-state index in [0.29, 0.717) is 10.7 Å². The van der Waals surface area contributed by atoms with Crippen LogP contribution < -0.4 is 0 Å². The van der Waals surface area contributed by atoms with E-state index in [0.717, 1.165) is 11.1 Å². The molecule has 0 atom stereocenters. The lowest BCUT2D eigenvalue weighted by Crippen LogP contribution is -1.99. The van der Waals surface area contributed by atoms with Crippen molar-refractivity contribution in [1.82, 2.24) is 4.98 Å². The fourth-order valence-electron chi connectivity index (χ4n) is 1.75. The zero-order chi connectivity index (χ0) is 14.0. The van der Waals surface area contributed by atoms with Gasteiger partial charge in [-0.05, 0) is 31.0 Å². The molecular weight excluding hydrogens is 262 g/mol. The molecule has 1 aromatic heterocycles.